The number of hydrogen-bond donors (Lipinski definition) is 2. The second-order valence-corrected chi connectivity index (χ2v) is 5.93. The average molecular weight is 311 g/mol. The van der Waals surface area contributed by atoms with Gasteiger partial charge in [-0.2, -0.15) is 0 Å². The van der Waals surface area contributed by atoms with E-state index in [2.05, 4.69) is 10.6 Å². The van der Waals surface area contributed by atoms with Gasteiger partial charge in [0.2, 0.25) is 5.91 Å². The van der Waals surface area contributed by atoms with Crippen LogP contribution < -0.4 is 10.6 Å². The van der Waals surface area contributed by atoms with Crippen molar-refractivity contribution in [3.05, 3.63) is 23.0 Å². The van der Waals surface area contributed by atoms with E-state index >= 15 is 0 Å². The Balaban J connectivity index is 1.57. The van der Waals surface area contributed by atoms with Crippen LogP contribution in [0.5, 0.6) is 0 Å². The molecule has 1 aromatic rings. The lowest BCUT2D eigenvalue weighted by Gasteiger charge is -2.27. The Bertz CT molecular complexity index is 547. The maximum Gasteiger partial charge on any atom is 0.268 e. The van der Waals surface area contributed by atoms with Crippen LogP contribution in [0.4, 0.5) is 0 Å². The molecule has 21 heavy (non-hydrogen) atoms. The molecule has 7 heteroatoms. The molecule has 2 fully saturated rings. The highest BCUT2D eigenvalue weighted by molar-refractivity contribution is 6.31. The zero-order valence-corrected chi connectivity index (χ0v) is 12.5. The lowest BCUT2D eigenvalue weighted by atomic mass is 10.3. The molecule has 1 aliphatic heterocycles. The molecule has 1 saturated carbocycles. The molecule has 1 aliphatic carbocycles. The van der Waals surface area contributed by atoms with Gasteiger partial charge < -0.3 is 20.1 Å². The second kappa shape index (κ2) is 6.07. The van der Waals surface area contributed by atoms with E-state index < -0.39 is 0 Å². The molecule has 0 bridgehead atoms. The largest absolute Gasteiger partial charge is 0.342 e. The van der Waals surface area contributed by atoms with Crippen molar-refractivity contribution in [1.82, 2.24) is 20.1 Å². The predicted octanol–water partition coefficient (Wildman–Crippen LogP) is 0.638. The van der Waals surface area contributed by atoms with E-state index in [1.807, 2.05) is 4.57 Å². The van der Waals surface area contributed by atoms with Crippen molar-refractivity contribution in [2.75, 3.05) is 32.7 Å². The lowest BCUT2D eigenvalue weighted by Crippen LogP contribution is -2.49. The Morgan fingerprint density at radius 1 is 1.33 bits per heavy atom. The van der Waals surface area contributed by atoms with E-state index in [4.69, 9.17) is 11.6 Å². The summed E-state index contributed by atoms with van der Waals surface area (Å²) in [6, 6.07) is 2.03. The van der Waals surface area contributed by atoms with Gasteiger partial charge in [0, 0.05) is 38.4 Å². The third-order valence-corrected chi connectivity index (χ3v) is 4.06. The van der Waals surface area contributed by atoms with Crippen molar-refractivity contribution in [1.29, 1.82) is 0 Å². The second-order valence-electron chi connectivity index (χ2n) is 5.50. The molecule has 1 saturated heterocycles. The van der Waals surface area contributed by atoms with Crippen LogP contribution in [-0.2, 0) is 4.79 Å². The number of aromatic nitrogens is 1. The van der Waals surface area contributed by atoms with Gasteiger partial charge in [0.15, 0.2) is 0 Å². The molecule has 1 aromatic heterocycles. The highest BCUT2D eigenvalue weighted by Crippen LogP contribution is 2.37. The standard InChI is InChI=1S/C14H19ClN4O2/c15-10-7-12(19(9-10)11-1-2-11)14(21)17-8-13(20)18-5-3-16-4-6-18/h7,9,11,16H,1-6,8H2,(H,17,21). The van der Waals surface area contributed by atoms with Crippen LogP contribution in [0, 0.1) is 0 Å². The fraction of sp³-hybridized carbons (Fsp3) is 0.571. The van der Waals surface area contributed by atoms with Crippen LogP contribution in [0.15, 0.2) is 12.3 Å². The van der Waals surface area contributed by atoms with Crippen molar-refractivity contribution >= 4 is 23.4 Å². The van der Waals surface area contributed by atoms with Gasteiger partial charge >= 0.3 is 0 Å². The molecule has 2 heterocycles. The smallest absolute Gasteiger partial charge is 0.268 e. The fourth-order valence-electron chi connectivity index (χ4n) is 2.55. The Morgan fingerprint density at radius 2 is 2.05 bits per heavy atom. The summed E-state index contributed by atoms with van der Waals surface area (Å²) in [5.41, 5.74) is 0.538. The normalized spacial score (nSPS) is 18.6. The number of nitrogens with zero attached hydrogens (tertiary/aromatic N) is 2. The third kappa shape index (κ3) is 3.39. The molecular weight excluding hydrogens is 292 g/mol. The number of rotatable bonds is 4. The maximum absolute atomic E-state index is 12.2. The van der Waals surface area contributed by atoms with Gasteiger partial charge in [-0.25, -0.2) is 0 Å². The summed E-state index contributed by atoms with van der Waals surface area (Å²) in [5, 5.41) is 6.45. The van der Waals surface area contributed by atoms with Crippen LogP contribution in [0.1, 0.15) is 29.4 Å². The molecule has 0 unspecified atom stereocenters. The van der Waals surface area contributed by atoms with Gasteiger partial charge in [0.05, 0.1) is 11.6 Å². The number of halogens is 1. The van der Waals surface area contributed by atoms with Gasteiger partial charge in [0.25, 0.3) is 5.91 Å². The van der Waals surface area contributed by atoms with Crippen molar-refractivity contribution in [2.24, 2.45) is 0 Å². The first-order valence-electron chi connectivity index (χ1n) is 7.29. The Labute approximate surface area is 128 Å². The summed E-state index contributed by atoms with van der Waals surface area (Å²) in [7, 11) is 0. The topological polar surface area (TPSA) is 66.4 Å². The summed E-state index contributed by atoms with van der Waals surface area (Å²) in [5.74, 6) is -0.280. The molecular formula is C14H19ClN4O2. The first-order valence-corrected chi connectivity index (χ1v) is 7.67. The highest BCUT2D eigenvalue weighted by atomic mass is 35.5. The first-order chi connectivity index (χ1) is 10.1. The molecule has 2 aliphatic rings. The molecule has 0 spiro atoms. The van der Waals surface area contributed by atoms with Crippen LogP contribution >= 0.6 is 11.6 Å². The Hall–Kier alpha value is -1.53. The van der Waals surface area contributed by atoms with E-state index in [0.29, 0.717) is 29.8 Å². The SMILES string of the molecule is O=C(NCC(=O)N1CCNCC1)c1cc(Cl)cn1C1CC1. The number of carbonyl (C=O) groups is 2. The summed E-state index contributed by atoms with van der Waals surface area (Å²) in [6.07, 6.45) is 3.93. The summed E-state index contributed by atoms with van der Waals surface area (Å²) in [6.45, 7) is 3.03. The van der Waals surface area contributed by atoms with Crippen molar-refractivity contribution < 1.29 is 9.59 Å². The van der Waals surface area contributed by atoms with Gasteiger partial charge in [-0.15, -0.1) is 0 Å². The molecule has 0 atom stereocenters. The summed E-state index contributed by atoms with van der Waals surface area (Å²) < 4.78 is 1.91. The molecule has 2 N–H and O–H groups in total. The minimum Gasteiger partial charge on any atom is -0.342 e. The van der Waals surface area contributed by atoms with Crippen molar-refractivity contribution in [3.8, 4) is 0 Å². The van der Waals surface area contributed by atoms with E-state index in [9.17, 15) is 9.59 Å². The molecule has 0 radical (unpaired) electrons. The number of hydrogen-bond acceptors (Lipinski definition) is 3. The van der Waals surface area contributed by atoms with Crippen LogP contribution in [0.3, 0.4) is 0 Å². The number of amides is 2. The Morgan fingerprint density at radius 3 is 2.71 bits per heavy atom. The zero-order valence-electron chi connectivity index (χ0n) is 11.8. The van der Waals surface area contributed by atoms with E-state index in [1.165, 1.54) is 0 Å². The molecule has 2 amide bonds. The monoisotopic (exact) mass is 310 g/mol. The molecule has 0 aromatic carbocycles. The number of piperazine rings is 1. The average Bonchev–Trinajstić information content (AvgIpc) is 3.27. The molecule has 114 valence electrons. The maximum atomic E-state index is 12.2. The number of carbonyl (C=O) groups excluding carboxylic acids is 2. The third-order valence-electron chi connectivity index (χ3n) is 3.86. The van der Waals surface area contributed by atoms with E-state index in [1.54, 1.807) is 17.2 Å². The summed E-state index contributed by atoms with van der Waals surface area (Å²) >= 11 is 5.98. The van der Waals surface area contributed by atoms with Gasteiger partial charge in [-0.1, -0.05) is 11.6 Å². The minimum absolute atomic E-state index is 0.0340. The predicted molar refractivity (Wildman–Crippen MR) is 79.5 cm³/mol. The summed E-state index contributed by atoms with van der Waals surface area (Å²) in [4.78, 5) is 26.0. The van der Waals surface area contributed by atoms with Crippen molar-refractivity contribution in [3.63, 3.8) is 0 Å². The van der Waals surface area contributed by atoms with E-state index in [-0.39, 0.29) is 18.4 Å². The Kier molecular flexibility index (Phi) is 4.17. The molecule has 3 rings (SSSR count). The van der Waals surface area contributed by atoms with E-state index in [0.717, 1.165) is 25.9 Å². The molecule has 6 nitrogen and oxygen atoms in total. The van der Waals surface area contributed by atoms with Gasteiger partial charge in [-0.05, 0) is 18.9 Å². The van der Waals surface area contributed by atoms with Gasteiger partial charge in [-0.3, -0.25) is 9.59 Å². The lowest BCUT2D eigenvalue weighted by molar-refractivity contribution is -0.130. The number of nitrogens with one attached hydrogen (secondary N) is 2. The quantitative estimate of drug-likeness (QED) is 0.857. The zero-order chi connectivity index (χ0) is 14.8. The van der Waals surface area contributed by atoms with Crippen LogP contribution in [0.2, 0.25) is 5.02 Å². The van der Waals surface area contributed by atoms with Crippen LogP contribution in [0.25, 0.3) is 0 Å². The van der Waals surface area contributed by atoms with Crippen LogP contribution in [-0.4, -0.2) is 54.0 Å². The van der Waals surface area contributed by atoms with Crippen molar-refractivity contribution in [2.45, 2.75) is 18.9 Å². The fourth-order valence-corrected chi connectivity index (χ4v) is 2.76. The van der Waals surface area contributed by atoms with Gasteiger partial charge in [0.1, 0.15) is 5.69 Å². The first kappa shape index (κ1) is 14.4. The highest BCUT2D eigenvalue weighted by Gasteiger charge is 2.28. The minimum atomic E-state index is -0.239.